The molecule has 5 nitrogen and oxygen atoms in total. The quantitative estimate of drug-likeness (QED) is 0.702. The number of H-pyrrole nitrogens is 1. The summed E-state index contributed by atoms with van der Waals surface area (Å²) in [6.45, 7) is 5.15. The summed E-state index contributed by atoms with van der Waals surface area (Å²) in [7, 11) is 0. The third kappa shape index (κ3) is 4.49. The maximum absolute atomic E-state index is 12.2. The Morgan fingerprint density at radius 2 is 1.86 bits per heavy atom. The van der Waals surface area contributed by atoms with Crippen LogP contribution in [-0.2, 0) is 6.54 Å². The van der Waals surface area contributed by atoms with Gasteiger partial charge in [0.25, 0.3) is 5.56 Å². The Bertz CT molecular complexity index is 978. The molecule has 0 amide bonds. The fourth-order valence-electron chi connectivity index (χ4n) is 3.60. The van der Waals surface area contributed by atoms with Crippen LogP contribution in [0.1, 0.15) is 37.1 Å². The van der Waals surface area contributed by atoms with E-state index in [2.05, 4.69) is 27.0 Å². The summed E-state index contributed by atoms with van der Waals surface area (Å²) in [4.78, 5) is 22.3. The number of benzene rings is 2. The van der Waals surface area contributed by atoms with Gasteiger partial charge in [-0.05, 0) is 56.6 Å². The largest absolute Gasteiger partial charge is 0.484 e. The van der Waals surface area contributed by atoms with Crippen molar-refractivity contribution in [2.24, 2.45) is 0 Å². The predicted molar refractivity (Wildman–Crippen MR) is 110 cm³/mol. The third-order valence-electron chi connectivity index (χ3n) is 5.04. The minimum absolute atomic E-state index is 0.173. The topological polar surface area (TPSA) is 58.2 Å². The van der Waals surface area contributed by atoms with Crippen molar-refractivity contribution < 1.29 is 4.74 Å². The highest BCUT2D eigenvalue weighted by atomic mass is 16.5. The van der Waals surface area contributed by atoms with E-state index in [1.54, 1.807) is 0 Å². The van der Waals surface area contributed by atoms with Gasteiger partial charge in [0, 0.05) is 18.2 Å². The van der Waals surface area contributed by atoms with E-state index in [4.69, 9.17) is 4.74 Å². The molecule has 1 fully saturated rings. The highest BCUT2D eigenvalue weighted by molar-refractivity contribution is 5.56. The van der Waals surface area contributed by atoms with Crippen LogP contribution in [0.25, 0.3) is 11.4 Å². The summed E-state index contributed by atoms with van der Waals surface area (Å²) in [6.07, 6.45) is 2.22. The van der Waals surface area contributed by atoms with E-state index in [9.17, 15) is 4.79 Å². The molecule has 1 N–H and O–H groups in total. The number of hydrogen-bond acceptors (Lipinski definition) is 4. The van der Waals surface area contributed by atoms with Crippen LogP contribution in [0.4, 0.5) is 0 Å². The Kier molecular flexibility index (Phi) is 5.53. The lowest BCUT2D eigenvalue weighted by atomic mass is 10.1. The first-order chi connectivity index (χ1) is 13.7. The van der Waals surface area contributed by atoms with Crippen LogP contribution in [0.3, 0.4) is 0 Å². The molecule has 1 saturated heterocycles. The van der Waals surface area contributed by atoms with Crippen LogP contribution >= 0.6 is 0 Å². The molecule has 1 aliphatic rings. The smallest absolute Gasteiger partial charge is 0.251 e. The Morgan fingerprint density at radius 3 is 2.64 bits per heavy atom. The number of nitrogens with one attached hydrogen (secondary N) is 1. The summed E-state index contributed by atoms with van der Waals surface area (Å²) in [5, 5.41) is 0. The van der Waals surface area contributed by atoms with Gasteiger partial charge in [0.2, 0.25) is 0 Å². The van der Waals surface area contributed by atoms with Gasteiger partial charge in [-0.15, -0.1) is 0 Å². The van der Waals surface area contributed by atoms with E-state index in [-0.39, 0.29) is 11.7 Å². The minimum Gasteiger partial charge on any atom is -0.484 e. The number of ether oxygens (including phenoxy) is 1. The van der Waals surface area contributed by atoms with Gasteiger partial charge < -0.3 is 9.72 Å². The SMILES string of the molecule is CC(Oc1ccccc1)c1cc(=O)[nH]c(-c2cccc(CN3CCCC3)c2)n1. The Hall–Kier alpha value is -2.92. The number of aromatic nitrogens is 2. The van der Waals surface area contributed by atoms with Gasteiger partial charge in [0.15, 0.2) is 0 Å². The van der Waals surface area contributed by atoms with Gasteiger partial charge in [-0.2, -0.15) is 0 Å². The average molecular weight is 375 g/mol. The summed E-state index contributed by atoms with van der Waals surface area (Å²) in [5.41, 5.74) is 2.60. The standard InChI is InChI=1S/C23H25N3O2/c1-17(28-20-10-3-2-4-11-20)21-15-22(27)25-23(24-21)19-9-7-8-18(14-19)16-26-12-5-6-13-26/h2-4,7-11,14-15,17H,5-6,12-13,16H2,1H3,(H,24,25,27). The number of likely N-dealkylation sites (tertiary alicyclic amines) is 1. The van der Waals surface area contributed by atoms with E-state index >= 15 is 0 Å². The molecule has 0 radical (unpaired) electrons. The monoisotopic (exact) mass is 375 g/mol. The van der Waals surface area contributed by atoms with Gasteiger partial charge >= 0.3 is 0 Å². The van der Waals surface area contributed by atoms with E-state index in [0.29, 0.717) is 11.5 Å². The summed E-state index contributed by atoms with van der Waals surface area (Å²) in [6, 6.07) is 19.3. The number of nitrogens with zero attached hydrogens (tertiary/aromatic N) is 2. The van der Waals surface area contributed by atoms with E-state index in [1.165, 1.54) is 24.5 Å². The van der Waals surface area contributed by atoms with E-state index in [0.717, 1.165) is 30.9 Å². The molecular formula is C23H25N3O2. The molecule has 144 valence electrons. The van der Waals surface area contributed by atoms with Crippen LogP contribution in [0.5, 0.6) is 5.75 Å². The van der Waals surface area contributed by atoms with Gasteiger partial charge in [-0.25, -0.2) is 4.98 Å². The molecule has 1 aromatic heterocycles. The van der Waals surface area contributed by atoms with Crippen LogP contribution in [0.15, 0.2) is 65.5 Å². The fraction of sp³-hybridized carbons (Fsp3) is 0.304. The molecule has 4 rings (SSSR count). The highest BCUT2D eigenvalue weighted by Crippen LogP contribution is 2.22. The van der Waals surface area contributed by atoms with E-state index in [1.807, 2.05) is 49.4 Å². The highest BCUT2D eigenvalue weighted by Gasteiger charge is 2.14. The second-order valence-corrected chi connectivity index (χ2v) is 7.28. The molecule has 1 aliphatic heterocycles. The zero-order valence-corrected chi connectivity index (χ0v) is 16.1. The first kappa shape index (κ1) is 18.4. The molecule has 1 unspecified atom stereocenters. The minimum atomic E-state index is -0.323. The summed E-state index contributed by atoms with van der Waals surface area (Å²) < 4.78 is 5.94. The number of para-hydroxylation sites is 1. The van der Waals surface area contributed by atoms with Gasteiger partial charge in [-0.3, -0.25) is 9.69 Å². The normalized spacial score (nSPS) is 15.5. The maximum Gasteiger partial charge on any atom is 0.251 e. The Balaban J connectivity index is 1.57. The van der Waals surface area contributed by atoms with Gasteiger partial charge in [-0.1, -0.05) is 36.4 Å². The first-order valence-electron chi connectivity index (χ1n) is 9.82. The molecule has 0 bridgehead atoms. The lowest BCUT2D eigenvalue weighted by Gasteiger charge is -2.16. The van der Waals surface area contributed by atoms with Gasteiger partial charge in [0.1, 0.15) is 17.7 Å². The van der Waals surface area contributed by atoms with Crippen molar-refractivity contribution in [2.45, 2.75) is 32.4 Å². The zero-order chi connectivity index (χ0) is 19.3. The molecule has 0 aliphatic carbocycles. The fourth-order valence-corrected chi connectivity index (χ4v) is 3.60. The zero-order valence-electron chi connectivity index (χ0n) is 16.1. The van der Waals surface area contributed by atoms with Crippen LogP contribution < -0.4 is 10.3 Å². The van der Waals surface area contributed by atoms with Crippen molar-refractivity contribution in [2.75, 3.05) is 13.1 Å². The van der Waals surface area contributed by atoms with Crippen molar-refractivity contribution in [1.82, 2.24) is 14.9 Å². The molecular weight excluding hydrogens is 350 g/mol. The summed E-state index contributed by atoms with van der Waals surface area (Å²) in [5.74, 6) is 1.33. The second-order valence-electron chi connectivity index (χ2n) is 7.28. The summed E-state index contributed by atoms with van der Waals surface area (Å²) >= 11 is 0. The van der Waals surface area contributed by atoms with Crippen LogP contribution in [0.2, 0.25) is 0 Å². The Morgan fingerprint density at radius 1 is 1.07 bits per heavy atom. The average Bonchev–Trinajstić information content (AvgIpc) is 3.21. The number of hydrogen-bond donors (Lipinski definition) is 1. The van der Waals surface area contributed by atoms with Crippen LogP contribution in [-0.4, -0.2) is 28.0 Å². The molecule has 28 heavy (non-hydrogen) atoms. The van der Waals surface area contributed by atoms with Crippen molar-refractivity contribution in [1.29, 1.82) is 0 Å². The van der Waals surface area contributed by atoms with Crippen molar-refractivity contribution >= 4 is 0 Å². The first-order valence-corrected chi connectivity index (χ1v) is 9.82. The van der Waals surface area contributed by atoms with Crippen molar-refractivity contribution in [3.05, 3.63) is 82.3 Å². The molecule has 2 heterocycles. The molecule has 5 heteroatoms. The lowest BCUT2D eigenvalue weighted by Crippen LogP contribution is -2.18. The van der Waals surface area contributed by atoms with Gasteiger partial charge in [0.05, 0.1) is 5.69 Å². The second kappa shape index (κ2) is 8.40. The molecule has 1 atom stereocenters. The molecule has 3 aromatic rings. The molecule has 0 saturated carbocycles. The third-order valence-corrected chi connectivity index (χ3v) is 5.04. The number of aromatic amines is 1. The van der Waals surface area contributed by atoms with Crippen LogP contribution in [0, 0.1) is 0 Å². The molecule has 0 spiro atoms. The van der Waals surface area contributed by atoms with Crippen molar-refractivity contribution in [3.8, 4) is 17.1 Å². The lowest BCUT2D eigenvalue weighted by molar-refractivity contribution is 0.221. The predicted octanol–water partition coefficient (Wildman–Crippen LogP) is 4.17. The Labute approximate surface area is 165 Å². The van der Waals surface area contributed by atoms with E-state index < -0.39 is 0 Å². The maximum atomic E-state index is 12.2. The number of rotatable bonds is 6. The van der Waals surface area contributed by atoms with Crippen molar-refractivity contribution in [3.63, 3.8) is 0 Å². The molecule has 2 aromatic carbocycles.